The average molecular weight is 369 g/mol. The number of hydrogen-bond acceptors (Lipinski definition) is 3. The van der Waals surface area contributed by atoms with E-state index in [9.17, 15) is 9.90 Å². The van der Waals surface area contributed by atoms with Crippen molar-refractivity contribution in [1.29, 1.82) is 0 Å². The Hall–Kier alpha value is -3.62. The predicted octanol–water partition coefficient (Wildman–Crippen LogP) is 3.38. The Kier molecular flexibility index (Phi) is 4.14. The van der Waals surface area contributed by atoms with Gasteiger partial charge in [0.15, 0.2) is 0 Å². The summed E-state index contributed by atoms with van der Waals surface area (Å²) in [5.41, 5.74) is 8.39. The number of fused-ring (bicyclic) bond motifs is 2. The zero-order valence-electron chi connectivity index (χ0n) is 15.6. The third-order valence-corrected chi connectivity index (χ3v) is 4.48. The standard InChI is InChI=1S/C23H19N3O2/c1-23(2,28)10-9-15-4-3-11-26-21(15)20(14-25-26)18-7-5-17-13-19(22(24)27)8-6-16(17)12-18/h3-8,11-14,28H,1-2H3,(H2,24,27). The van der Waals surface area contributed by atoms with Crippen LogP contribution < -0.4 is 5.73 Å². The van der Waals surface area contributed by atoms with E-state index in [4.69, 9.17) is 5.73 Å². The molecule has 2 heterocycles. The van der Waals surface area contributed by atoms with E-state index in [0.29, 0.717) is 5.56 Å². The molecule has 1 amide bonds. The minimum absolute atomic E-state index is 0.441. The Morgan fingerprint density at radius 3 is 2.64 bits per heavy atom. The van der Waals surface area contributed by atoms with Crippen LogP contribution in [-0.4, -0.2) is 26.2 Å². The highest BCUT2D eigenvalue weighted by molar-refractivity contribution is 5.99. The number of amides is 1. The summed E-state index contributed by atoms with van der Waals surface area (Å²) in [6.07, 6.45) is 3.68. The van der Waals surface area contributed by atoms with Crippen molar-refractivity contribution in [3.8, 4) is 23.0 Å². The molecule has 0 aliphatic heterocycles. The van der Waals surface area contributed by atoms with Crippen molar-refractivity contribution < 1.29 is 9.90 Å². The summed E-state index contributed by atoms with van der Waals surface area (Å²) in [6, 6.07) is 15.2. The number of primary amides is 1. The first kappa shape index (κ1) is 17.8. The van der Waals surface area contributed by atoms with E-state index < -0.39 is 11.5 Å². The normalized spacial score (nSPS) is 11.4. The number of pyridine rings is 1. The molecule has 28 heavy (non-hydrogen) atoms. The minimum atomic E-state index is -1.08. The van der Waals surface area contributed by atoms with E-state index >= 15 is 0 Å². The molecule has 5 nitrogen and oxygen atoms in total. The Morgan fingerprint density at radius 1 is 1.14 bits per heavy atom. The molecule has 0 saturated carbocycles. The highest BCUT2D eigenvalue weighted by atomic mass is 16.3. The molecule has 2 aromatic heterocycles. The van der Waals surface area contributed by atoms with Crippen molar-refractivity contribution in [2.75, 3.05) is 0 Å². The van der Waals surface area contributed by atoms with Gasteiger partial charge < -0.3 is 10.8 Å². The SMILES string of the molecule is CC(C)(O)C#Cc1cccn2ncc(-c3ccc4cc(C(N)=O)ccc4c3)c12. The fraction of sp³-hybridized carbons (Fsp3) is 0.130. The van der Waals surface area contributed by atoms with Crippen LogP contribution in [0.5, 0.6) is 0 Å². The van der Waals surface area contributed by atoms with Crippen LogP contribution in [0.3, 0.4) is 0 Å². The van der Waals surface area contributed by atoms with Gasteiger partial charge in [0, 0.05) is 17.3 Å². The number of nitrogens with zero attached hydrogens (tertiary/aromatic N) is 2. The van der Waals surface area contributed by atoms with Crippen molar-refractivity contribution in [2.45, 2.75) is 19.4 Å². The van der Waals surface area contributed by atoms with Crippen LogP contribution in [0.4, 0.5) is 0 Å². The lowest BCUT2D eigenvalue weighted by molar-refractivity contribution is 0.100. The van der Waals surface area contributed by atoms with E-state index in [0.717, 1.165) is 33.0 Å². The zero-order chi connectivity index (χ0) is 19.9. The number of aliphatic hydroxyl groups is 1. The van der Waals surface area contributed by atoms with Gasteiger partial charge in [0.25, 0.3) is 0 Å². The third-order valence-electron chi connectivity index (χ3n) is 4.48. The number of aromatic nitrogens is 2. The van der Waals surface area contributed by atoms with E-state index in [2.05, 4.69) is 23.0 Å². The molecular weight excluding hydrogens is 350 g/mol. The Balaban J connectivity index is 1.88. The number of carbonyl (C=O) groups excluding carboxylic acids is 1. The highest BCUT2D eigenvalue weighted by Gasteiger charge is 2.12. The van der Waals surface area contributed by atoms with E-state index in [1.165, 1.54) is 0 Å². The topological polar surface area (TPSA) is 80.6 Å². The number of carbonyl (C=O) groups is 1. The van der Waals surface area contributed by atoms with Crippen molar-refractivity contribution in [3.63, 3.8) is 0 Å². The predicted molar refractivity (Wildman–Crippen MR) is 110 cm³/mol. The molecule has 0 radical (unpaired) electrons. The summed E-state index contributed by atoms with van der Waals surface area (Å²) >= 11 is 0. The lowest BCUT2D eigenvalue weighted by Gasteiger charge is -2.07. The van der Waals surface area contributed by atoms with Crippen molar-refractivity contribution in [1.82, 2.24) is 9.61 Å². The third kappa shape index (κ3) is 3.34. The van der Waals surface area contributed by atoms with Crippen LogP contribution in [-0.2, 0) is 0 Å². The van der Waals surface area contributed by atoms with E-state index in [1.54, 1.807) is 30.5 Å². The molecule has 0 unspecified atom stereocenters. The van der Waals surface area contributed by atoms with Gasteiger partial charge in [-0.15, -0.1) is 0 Å². The molecule has 0 atom stereocenters. The van der Waals surface area contributed by atoms with Crippen LogP contribution in [0.1, 0.15) is 29.8 Å². The van der Waals surface area contributed by atoms with E-state index in [-0.39, 0.29) is 0 Å². The molecule has 0 fully saturated rings. The minimum Gasteiger partial charge on any atom is -0.378 e. The van der Waals surface area contributed by atoms with Gasteiger partial charge in [-0.1, -0.05) is 30.0 Å². The second-order valence-corrected chi connectivity index (χ2v) is 7.22. The van der Waals surface area contributed by atoms with Gasteiger partial charge in [-0.05, 0) is 60.5 Å². The Morgan fingerprint density at radius 2 is 1.89 bits per heavy atom. The van der Waals surface area contributed by atoms with Gasteiger partial charge in [0.05, 0.1) is 17.3 Å². The highest BCUT2D eigenvalue weighted by Crippen LogP contribution is 2.30. The van der Waals surface area contributed by atoms with Crippen LogP contribution in [0.2, 0.25) is 0 Å². The first-order chi connectivity index (χ1) is 13.3. The molecule has 138 valence electrons. The largest absolute Gasteiger partial charge is 0.378 e. The van der Waals surface area contributed by atoms with Gasteiger partial charge >= 0.3 is 0 Å². The Labute approximate surface area is 162 Å². The van der Waals surface area contributed by atoms with Crippen molar-refractivity contribution in [3.05, 3.63) is 72.1 Å². The van der Waals surface area contributed by atoms with Gasteiger partial charge in [-0.3, -0.25) is 4.79 Å². The lowest BCUT2D eigenvalue weighted by atomic mass is 9.99. The average Bonchev–Trinajstić information content (AvgIpc) is 3.09. The number of nitrogens with two attached hydrogens (primary N) is 1. The summed E-state index contributed by atoms with van der Waals surface area (Å²) in [4.78, 5) is 11.4. The first-order valence-corrected chi connectivity index (χ1v) is 8.88. The maximum atomic E-state index is 11.4. The molecule has 0 aliphatic carbocycles. The lowest BCUT2D eigenvalue weighted by Crippen LogP contribution is -2.14. The van der Waals surface area contributed by atoms with Crippen LogP contribution in [0.25, 0.3) is 27.4 Å². The van der Waals surface area contributed by atoms with Crippen LogP contribution in [0.15, 0.2) is 60.9 Å². The molecule has 0 saturated heterocycles. The fourth-order valence-corrected chi connectivity index (χ4v) is 3.14. The zero-order valence-corrected chi connectivity index (χ0v) is 15.6. The molecule has 4 rings (SSSR count). The maximum Gasteiger partial charge on any atom is 0.248 e. The summed E-state index contributed by atoms with van der Waals surface area (Å²) in [7, 11) is 0. The first-order valence-electron chi connectivity index (χ1n) is 8.88. The summed E-state index contributed by atoms with van der Waals surface area (Å²) in [6.45, 7) is 3.31. The summed E-state index contributed by atoms with van der Waals surface area (Å²) in [5.74, 6) is 5.49. The molecular formula is C23H19N3O2. The monoisotopic (exact) mass is 369 g/mol. The smallest absolute Gasteiger partial charge is 0.248 e. The maximum absolute atomic E-state index is 11.4. The number of benzene rings is 2. The molecule has 5 heteroatoms. The van der Waals surface area contributed by atoms with E-state index in [1.807, 2.05) is 42.7 Å². The summed E-state index contributed by atoms with van der Waals surface area (Å²) < 4.78 is 1.78. The summed E-state index contributed by atoms with van der Waals surface area (Å²) in [5, 5.41) is 16.3. The molecule has 2 aromatic carbocycles. The molecule has 0 bridgehead atoms. The molecule has 3 N–H and O–H groups in total. The second kappa shape index (κ2) is 6.52. The van der Waals surface area contributed by atoms with Gasteiger partial charge in [0.2, 0.25) is 5.91 Å². The second-order valence-electron chi connectivity index (χ2n) is 7.22. The number of hydrogen-bond donors (Lipinski definition) is 2. The molecule has 0 aliphatic rings. The quantitative estimate of drug-likeness (QED) is 0.532. The van der Waals surface area contributed by atoms with Crippen molar-refractivity contribution >= 4 is 22.2 Å². The van der Waals surface area contributed by atoms with Gasteiger partial charge in [-0.2, -0.15) is 5.10 Å². The van der Waals surface area contributed by atoms with Gasteiger partial charge in [-0.25, -0.2) is 4.52 Å². The Bertz CT molecular complexity index is 1280. The van der Waals surface area contributed by atoms with Crippen LogP contribution in [0, 0.1) is 11.8 Å². The molecule has 4 aromatic rings. The fourth-order valence-electron chi connectivity index (χ4n) is 3.14. The van der Waals surface area contributed by atoms with Crippen molar-refractivity contribution in [2.24, 2.45) is 5.73 Å². The van der Waals surface area contributed by atoms with Gasteiger partial charge in [0.1, 0.15) is 5.60 Å². The number of rotatable bonds is 2. The van der Waals surface area contributed by atoms with Crippen LogP contribution >= 0.6 is 0 Å². The molecule has 0 spiro atoms.